The van der Waals surface area contributed by atoms with Crippen LogP contribution in [0.25, 0.3) is 0 Å². The van der Waals surface area contributed by atoms with E-state index < -0.39 is 0 Å². The number of nitrogens with zero attached hydrogens (tertiary/aromatic N) is 3. The van der Waals surface area contributed by atoms with Crippen molar-refractivity contribution in [2.45, 2.75) is 20.3 Å². The summed E-state index contributed by atoms with van der Waals surface area (Å²) in [5.74, 6) is 0.230. The fourth-order valence-corrected chi connectivity index (χ4v) is 2.76. The molecule has 2 N–H and O–H groups in total. The number of nitrogens with one attached hydrogen (secondary N) is 2. The second-order valence-corrected chi connectivity index (χ2v) is 6.68. The van der Waals surface area contributed by atoms with Crippen LogP contribution in [0.1, 0.15) is 27.9 Å². The maximum Gasteiger partial charge on any atom is 0.258 e. The average molecular weight is 362 g/mol. The van der Waals surface area contributed by atoms with E-state index in [1.807, 2.05) is 40.1 Å². The van der Waals surface area contributed by atoms with Crippen LogP contribution in [0.15, 0.2) is 24.5 Å². The van der Waals surface area contributed by atoms with Crippen molar-refractivity contribution in [3.8, 4) is 0 Å². The van der Waals surface area contributed by atoms with Crippen LogP contribution in [0.4, 0.5) is 11.6 Å². The number of aryl methyl sites for hydroxylation is 2. The van der Waals surface area contributed by atoms with Crippen LogP contribution in [-0.4, -0.2) is 48.0 Å². The van der Waals surface area contributed by atoms with Crippen molar-refractivity contribution in [2.75, 3.05) is 37.8 Å². The second kappa shape index (κ2) is 8.78. The number of carbonyl (C=O) groups excluding carboxylic acids is 1. The first-order valence-corrected chi connectivity index (χ1v) is 8.53. The molecule has 2 aromatic rings. The zero-order valence-corrected chi connectivity index (χ0v) is 15.8. The Labute approximate surface area is 153 Å². The molecule has 0 aliphatic heterocycles. The lowest BCUT2D eigenvalue weighted by molar-refractivity contribution is 0.102. The molecule has 1 aromatic carbocycles. The van der Waals surface area contributed by atoms with Gasteiger partial charge in [0.25, 0.3) is 5.91 Å². The Hall–Kier alpha value is -2.18. The van der Waals surface area contributed by atoms with Crippen molar-refractivity contribution in [1.82, 2.24) is 14.9 Å². The van der Waals surface area contributed by atoms with Crippen molar-refractivity contribution >= 4 is 29.1 Å². The Morgan fingerprint density at radius 2 is 1.88 bits per heavy atom. The highest BCUT2D eigenvalue weighted by molar-refractivity contribution is 6.34. The summed E-state index contributed by atoms with van der Waals surface area (Å²) in [6.45, 7) is 5.64. The molecular formula is C18H24ClN5O. The van der Waals surface area contributed by atoms with E-state index in [9.17, 15) is 4.79 Å². The highest BCUT2D eigenvalue weighted by Crippen LogP contribution is 2.27. The zero-order chi connectivity index (χ0) is 18.4. The lowest BCUT2D eigenvalue weighted by Gasteiger charge is -2.12. The largest absolute Gasteiger partial charge is 0.354 e. The van der Waals surface area contributed by atoms with Gasteiger partial charge in [-0.1, -0.05) is 17.7 Å². The van der Waals surface area contributed by atoms with Crippen LogP contribution in [0.2, 0.25) is 5.02 Å². The highest BCUT2D eigenvalue weighted by Gasteiger charge is 2.12. The summed E-state index contributed by atoms with van der Waals surface area (Å²) in [4.78, 5) is 22.9. The molecule has 0 atom stereocenters. The summed E-state index contributed by atoms with van der Waals surface area (Å²) in [5.41, 5.74) is 2.96. The monoisotopic (exact) mass is 361 g/mol. The van der Waals surface area contributed by atoms with Gasteiger partial charge in [0.15, 0.2) is 0 Å². The number of anilines is 2. The number of rotatable bonds is 7. The molecule has 1 amide bonds. The third kappa shape index (κ3) is 5.69. The number of amides is 1. The standard InChI is InChI=1S/C18H24ClN5O/c1-12-8-13(2)16(15(19)9-12)23-17(25)14-10-21-18(22-11-14)20-6-5-7-24(3)4/h8-11H,5-7H2,1-4H3,(H,23,25)(H,20,21,22). The van der Waals surface area contributed by atoms with Crippen LogP contribution in [0.3, 0.4) is 0 Å². The van der Waals surface area contributed by atoms with E-state index in [4.69, 9.17) is 11.6 Å². The van der Waals surface area contributed by atoms with Gasteiger partial charge < -0.3 is 15.5 Å². The van der Waals surface area contributed by atoms with Crippen molar-refractivity contribution in [3.05, 3.63) is 46.2 Å². The zero-order valence-electron chi connectivity index (χ0n) is 15.1. The second-order valence-electron chi connectivity index (χ2n) is 6.27. The number of benzene rings is 1. The number of hydrogen-bond acceptors (Lipinski definition) is 5. The predicted octanol–water partition coefficient (Wildman–Crippen LogP) is 3.36. The number of carbonyl (C=O) groups is 1. The maximum atomic E-state index is 12.4. The number of aromatic nitrogens is 2. The van der Waals surface area contributed by atoms with E-state index >= 15 is 0 Å². The fourth-order valence-electron chi connectivity index (χ4n) is 2.39. The summed E-state index contributed by atoms with van der Waals surface area (Å²) >= 11 is 6.23. The van der Waals surface area contributed by atoms with Gasteiger partial charge in [-0.15, -0.1) is 0 Å². The molecule has 0 saturated heterocycles. The lowest BCUT2D eigenvalue weighted by atomic mass is 10.1. The third-order valence-electron chi connectivity index (χ3n) is 3.65. The summed E-state index contributed by atoms with van der Waals surface area (Å²) in [7, 11) is 4.07. The summed E-state index contributed by atoms with van der Waals surface area (Å²) < 4.78 is 0. The highest BCUT2D eigenvalue weighted by atomic mass is 35.5. The van der Waals surface area contributed by atoms with Crippen molar-refractivity contribution in [1.29, 1.82) is 0 Å². The Morgan fingerprint density at radius 3 is 2.48 bits per heavy atom. The summed E-state index contributed by atoms with van der Waals surface area (Å²) in [6.07, 6.45) is 4.01. The van der Waals surface area contributed by atoms with Gasteiger partial charge in [-0.3, -0.25) is 4.79 Å². The van der Waals surface area contributed by atoms with Gasteiger partial charge in [-0.25, -0.2) is 9.97 Å². The Kier molecular flexibility index (Phi) is 6.73. The molecule has 0 unspecified atom stereocenters. The Balaban J connectivity index is 1.97. The van der Waals surface area contributed by atoms with Gasteiger partial charge in [0.2, 0.25) is 5.95 Å². The van der Waals surface area contributed by atoms with Gasteiger partial charge in [0.1, 0.15) is 0 Å². The molecule has 25 heavy (non-hydrogen) atoms. The minimum atomic E-state index is -0.284. The SMILES string of the molecule is Cc1cc(C)c(NC(=O)c2cnc(NCCCN(C)C)nc2)c(Cl)c1. The molecule has 0 fully saturated rings. The maximum absolute atomic E-state index is 12.4. The first-order valence-electron chi connectivity index (χ1n) is 8.15. The molecule has 0 aliphatic carbocycles. The average Bonchev–Trinajstić information content (AvgIpc) is 2.55. The lowest BCUT2D eigenvalue weighted by Crippen LogP contribution is -2.17. The van der Waals surface area contributed by atoms with Gasteiger partial charge in [-0.2, -0.15) is 0 Å². The van der Waals surface area contributed by atoms with Gasteiger partial charge in [-0.05, 0) is 58.1 Å². The van der Waals surface area contributed by atoms with Gasteiger partial charge >= 0.3 is 0 Å². The van der Waals surface area contributed by atoms with E-state index in [2.05, 4.69) is 25.5 Å². The van der Waals surface area contributed by atoms with Crippen LogP contribution in [0, 0.1) is 13.8 Å². The third-order valence-corrected chi connectivity index (χ3v) is 3.95. The molecule has 0 spiro atoms. The molecular weight excluding hydrogens is 338 g/mol. The van der Waals surface area contributed by atoms with E-state index in [0.717, 1.165) is 30.6 Å². The molecule has 7 heteroatoms. The van der Waals surface area contributed by atoms with Crippen molar-refractivity contribution in [3.63, 3.8) is 0 Å². The molecule has 6 nitrogen and oxygen atoms in total. The number of halogens is 1. The molecule has 1 heterocycles. The molecule has 0 saturated carbocycles. The summed E-state index contributed by atoms with van der Waals surface area (Å²) in [6, 6.07) is 3.79. The van der Waals surface area contributed by atoms with Crippen LogP contribution < -0.4 is 10.6 Å². The first-order chi connectivity index (χ1) is 11.9. The van der Waals surface area contributed by atoms with E-state index in [0.29, 0.717) is 22.2 Å². The fraction of sp³-hybridized carbons (Fsp3) is 0.389. The molecule has 0 radical (unpaired) electrons. The Morgan fingerprint density at radius 1 is 1.20 bits per heavy atom. The normalized spacial score (nSPS) is 10.8. The molecule has 0 bridgehead atoms. The van der Waals surface area contributed by atoms with Crippen LogP contribution >= 0.6 is 11.6 Å². The van der Waals surface area contributed by atoms with Crippen LogP contribution in [-0.2, 0) is 0 Å². The molecule has 134 valence electrons. The molecule has 2 rings (SSSR count). The minimum Gasteiger partial charge on any atom is -0.354 e. The quantitative estimate of drug-likeness (QED) is 0.740. The van der Waals surface area contributed by atoms with Crippen LogP contribution in [0.5, 0.6) is 0 Å². The predicted molar refractivity (Wildman–Crippen MR) is 103 cm³/mol. The smallest absolute Gasteiger partial charge is 0.258 e. The van der Waals surface area contributed by atoms with E-state index in [1.165, 1.54) is 12.4 Å². The minimum absolute atomic E-state index is 0.284. The van der Waals surface area contributed by atoms with Crippen molar-refractivity contribution < 1.29 is 4.79 Å². The number of hydrogen-bond donors (Lipinski definition) is 2. The van der Waals surface area contributed by atoms with Gasteiger partial charge in [0.05, 0.1) is 16.3 Å². The van der Waals surface area contributed by atoms with Gasteiger partial charge in [0, 0.05) is 18.9 Å². The summed E-state index contributed by atoms with van der Waals surface area (Å²) in [5, 5.41) is 6.49. The van der Waals surface area contributed by atoms with Crippen molar-refractivity contribution in [2.24, 2.45) is 0 Å². The van der Waals surface area contributed by atoms with E-state index in [-0.39, 0.29) is 5.91 Å². The molecule has 1 aromatic heterocycles. The topological polar surface area (TPSA) is 70.2 Å². The first kappa shape index (κ1) is 19.1. The molecule has 0 aliphatic rings. The Bertz CT molecular complexity index is 708. The van der Waals surface area contributed by atoms with E-state index in [1.54, 1.807) is 0 Å².